The molecule has 142 heavy (non-hydrogen) atoms. The highest BCUT2D eigenvalue weighted by Crippen LogP contribution is 2.50. The van der Waals surface area contributed by atoms with Crippen molar-refractivity contribution in [3.63, 3.8) is 0 Å². The zero-order chi connectivity index (χ0) is 93.8. The molecule has 0 saturated heterocycles. The molecule has 0 spiro atoms. The lowest BCUT2D eigenvalue weighted by atomic mass is 9.91. The Morgan fingerprint density at radius 3 is 0.782 bits per heavy atom. The van der Waals surface area contributed by atoms with Crippen LogP contribution in [0.25, 0.3) is 286 Å². The van der Waals surface area contributed by atoms with Gasteiger partial charge in [0.1, 0.15) is 33.5 Å². The summed E-state index contributed by atoms with van der Waals surface area (Å²) >= 11 is 0. The Morgan fingerprint density at radius 1 is 0.134 bits per heavy atom. The summed E-state index contributed by atoms with van der Waals surface area (Å²) in [4.78, 5) is 28.3. The quantitative estimate of drug-likeness (QED) is 0.117. The van der Waals surface area contributed by atoms with Gasteiger partial charge in [-0.15, -0.1) is 0 Å². The molecule has 0 aliphatic carbocycles. The van der Waals surface area contributed by atoms with E-state index < -0.39 is 0 Å². The second-order valence-electron chi connectivity index (χ2n) is 36.6. The molecule has 6 aromatic heterocycles. The summed E-state index contributed by atoms with van der Waals surface area (Å²) in [5.74, 6) is 0. The zero-order valence-corrected chi connectivity index (χ0v) is 77.0. The normalized spacial score (nSPS) is 11.7. The average Bonchev–Trinajstić information content (AvgIpc) is 1.05. The van der Waals surface area contributed by atoms with Crippen LogP contribution < -0.4 is 0 Å². The van der Waals surface area contributed by atoms with Crippen LogP contribution in [-0.2, 0) is 0 Å². The van der Waals surface area contributed by atoms with Gasteiger partial charge in [0.25, 0.3) is 0 Å². The largest absolute Gasteiger partial charge is 0.455 e. The first-order valence-electron chi connectivity index (χ1n) is 48.0. The van der Waals surface area contributed by atoms with Crippen LogP contribution in [0.15, 0.2) is 493 Å². The first kappa shape index (κ1) is 82.5. The van der Waals surface area contributed by atoms with Crippen LogP contribution in [0.1, 0.15) is 5.56 Å². The number of benzene rings is 23. The van der Waals surface area contributed by atoms with Gasteiger partial charge in [-0.25, -0.2) is 0 Å². The number of aryl methyl sites for hydroxylation is 1. The number of nitrogens with zero attached hydrogens (tertiary/aromatic N) is 6. The summed E-state index contributed by atoms with van der Waals surface area (Å²) in [7, 11) is 0. The van der Waals surface area contributed by atoms with E-state index >= 15 is 0 Å². The summed E-state index contributed by atoms with van der Waals surface area (Å²) in [6, 6.07) is 158. The molecule has 0 atom stereocenters. The maximum atomic E-state index is 7.08. The van der Waals surface area contributed by atoms with Gasteiger partial charge in [-0.2, -0.15) is 0 Å². The Hall–Kier alpha value is -19.0. The molecule has 9 nitrogen and oxygen atoms in total. The second-order valence-corrected chi connectivity index (χ2v) is 36.6. The molecular formula is C133H82N6O3. The minimum absolute atomic E-state index is 0.878. The first-order chi connectivity index (χ1) is 70.3. The lowest BCUT2D eigenvalue weighted by Crippen LogP contribution is -1.89. The van der Waals surface area contributed by atoms with Crippen LogP contribution in [0.4, 0.5) is 0 Å². The van der Waals surface area contributed by atoms with Crippen LogP contribution in [0.5, 0.6) is 0 Å². The number of hydrogen-bond acceptors (Lipinski definition) is 9. The molecular weight excluding hydrogens is 1730 g/mol. The molecule has 0 aliphatic heterocycles. The molecule has 0 saturated carbocycles. The predicted molar refractivity (Wildman–Crippen MR) is 590 cm³/mol. The maximum absolute atomic E-state index is 7.08. The number of para-hydroxylation sites is 2. The fourth-order valence-electron chi connectivity index (χ4n) is 21.5. The highest BCUT2D eigenvalue weighted by Gasteiger charge is 2.25. The van der Waals surface area contributed by atoms with Gasteiger partial charge in [0.2, 0.25) is 0 Å². The fraction of sp³-hybridized carbons (Fsp3) is 0.00752. The summed E-state index contributed by atoms with van der Waals surface area (Å²) in [5, 5.41) is 20.5. The topological polar surface area (TPSA) is 117 Å². The minimum atomic E-state index is 0.878. The zero-order valence-electron chi connectivity index (χ0n) is 77.0. The average molecular weight is 1810 g/mol. The van der Waals surface area contributed by atoms with Crippen LogP contribution in [-0.4, -0.2) is 29.9 Å². The highest BCUT2D eigenvalue weighted by atomic mass is 16.3. The van der Waals surface area contributed by atoms with Crippen molar-refractivity contribution in [1.82, 2.24) is 29.9 Å². The molecule has 9 heteroatoms. The lowest BCUT2D eigenvalue weighted by Gasteiger charge is -2.12. The van der Waals surface area contributed by atoms with E-state index in [2.05, 4.69) is 455 Å². The van der Waals surface area contributed by atoms with Crippen molar-refractivity contribution in [2.24, 2.45) is 0 Å². The van der Waals surface area contributed by atoms with E-state index in [-0.39, 0.29) is 0 Å². The van der Waals surface area contributed by atoms with Crippen molar-refractivity contribution < 1.29 is 13.3 Å². The second kappa shape index (κ2) is 34.4. The number of hydrogen-bond donors (Lipinski definition) is 0. The predicted octanol–water partition coefficient (Wildman–Crippen LogP) is 36.2. The standard InChI is InChI=1S/C52H32N2O.C46H28N2O.C35H22N2O/c1-4-13-33(14-5-1)39-29-44(35-17-8-3-9-18-35)51-47(31-39)48-32-40(34-15-6-2-7-16-34)30-45(52(48)55-51)38-20-12-19-36(27-38)37-23-24-43-46(28-37)41-21-10-11-22-42(41)49-50(43)54-26-25-53-49;1-3-10-29(11-4-1)32-19-21-43-41(26-32)42-28-35(30-12-5-2-6-13-30)27-39(46(42)49-43)34-15-9-14-31(24-34)33-18-20-38-40(25-33)36-16-7-8-17-37(36)44-45(38)48-23-22-47-44;1-21-7-4-13-29-30-14-6-12-25(35(30)38-34(21)29)24-9-5-8-22(19-24)23-15-16-28-31(20-23)26-10-2-3-11-27(26)32-33(28)37-18-17-36-32/h1-32H;1-28H;2-20H,1H3. The van der Waals surface area contributed by atoms with E-state index in [1.165, 1.54) is 60.1 Å². The Balaban J connectivity index is 0.000000108. The molecule has 0 radical (unpaired) electrons. The van der Waals surface area contributed by atoms with Crippen LogP contribution in [0.3, 0.4) is 0 Å². The number of rotatable bonds is 11. The van der Waals surface area contributed by atoms with Crippen LogP contribution >= 0.6 is 0 Å². The molecule has 6 heterocycles. The maximum Gasteiger partial charge on any atom is 0.143 e. The SMILES string of the molecule is Cc1cccc2c1oc1c(-c3cccc(-c4ccc5c(c4)c4ccccc4c4nccnc54)c3)cccc12.c1ccc(-c2cc(-c3ccccc3)c3oc4c(-c5cccc(-c6ccc7c(c6)c6ccccc6c6nccnc76)c5)cc(-c5ccccc5)cc4c3c2)cc1.c1ccc(-c2ccc3oc4c(-c5cccc(-c6ccc7c(c6)c6ccccc6c6nccnc76)c5)cc(-c5ccccc5)cc4c3c2)cc1. The van der Waals surface area contributed by atoms with Crippen LogP contribution in [0, 0.1) is 6.92 Å². The van der Waals surface area contributed by atoms with Gasteiger partial charge in [-0.05, 0) is 230 Å². The van der Waals surface area contributed by atoms with Gasteiger partial charge >= 0.3 is 0 Å². The number of fused-ring (bicyclic) bond motifs is 27. The van der Waals surface area contributed by atoms with E-state index in [0.29, 0.717) is 0 Å². The summed E-state index contributed by atoms with van der Waals surface area (Å²) in [6.45, 7) is 2.10. The van der Waals surface area contributed by atoms with Gasteiger partial charge in [-0.1, -0.05) is 358 Å². The van der Waals surface area contributed by atoms with Crippen molar-refractivity contribution in [1.29, 1.82) is 0 Å². The van der Waals surface area contributed by atoms with Gasteiger partial charge in [0.05, 0.1) is 33.1 Å². The van der Waals surface area contributed by atoms with Crippen molar-refractivity contribution in [2.75, 3.05) is 0 Å². The molecule has 23 aromatic carbocycles. The van der Waals surface area contributed by atoms with Gasteiger partial charge in [0, 0.05) is 124 Å². The lowest BCUT2D eigenvalue weighted by molar-refractivity contribution is 0.667. The van der Waals surface area contributed by atoms with Crippen molar-refractivity contribution in [3.8, 4) is 122 Å². The fourth-order valence-corrected chi connectivity index (χ4v) is 21.5. The Bertz CT molecular complexity index is 10000. The van der Waals surface area contributed by atoms with Crippen molar-refractivity contribution in [3.05, 3.63) is 486 Å². The van der Waals surface area contributed by atoms with E-state index in [0.717, 1.165) is 231 Å². The first-order valence-corrected chi connectivity index (χ1v) is 48.0. The van der Waals surface area contributed by atoms with E-state index in [4.69, 9.17) is 38.2 Å². The van der Waals surface area contributed by atoms with Crippen molar-refractivity contribution in [2.45, 2.75) is 6.92 Å². The molecule has 29 rings (SSSR count). The third kappa shape index (κ3) is 14.3. The third-order valence-electron chi connectivity index (χ3n) is 28.3. The van der Waals surface area contributed by atoms with E-state index in [1.54, 1.807) is 37.2 Å². The monoisotopic (exact) mass is 1810 g/mol. The third-order valence-corrected chi connectivity index (χ3v) is 28.3. The summed E-state index contributed by atoms with van der Waals surface area (Å²) < 4.78 is 20.2. The van der Waals surface area contributed by atoms with Crippen molar-refractivity contribution >= 4 is 164 Å². The summed E-state index contributed by atoms with van der Waals surface area (Å²) in [6.07, 6.45) is 10.6. The molecule has 0 amide bonds. The molecule has 0 fully saturated rings. The van der Waals surface area contributed by atoms with E-state index in [9.17, 15) is 0 Å². The van der Waals surface area contributed by atoms with Gasteiger partial charge in [-0.3, -0.25) is 29.9 Å². The minimum Gasteiger partial charge on any atom is -0.455 e. The molecule has 0 bridgehead atoms. The molecule has 662 valence electrons. The Kier molecular flexibility index (Phi) is 20.0. The number of aromatic nitrogens is 6. The van der Waals surface area contributed by atoms with Gasteiger partial charge in [0.15, 0.2) is 0 Å². The summed E-state index contributed by atoms with van der Waals surface area (Å²) in [5.41, 5.74) is 37.2. The highest BCUT2D eigenvalue weighted by molar-refractivity contribution is 6.27. The Morgan fingerprint density at radius 2 is 0.380 bits per heavy atom. The Labute approximate surface area is 815 Å². The molecule has 0 N–H and O–H groups in total. The molecule has 0 unspecified atom stereocenters. The van der Waals surface area contributed by atoms with E-state index in [1.807, 2.05) is 0 Å². The smallest absolute Gasteiger partial charge is 0.143 e. The molecule has 29 aromatic rings. The molecule has 0 aliphatic rings. The number of furan rings is 3. The van der Waals surface area contributed by atoms with Gasteiger partial charge < -0.3 is 13.3 Å². The van der Waals surface area contributed by atoms with Crippen LogP contribution in [0.2, 0.25) is 0 Å².